The molecule has 0 aliphatic carbocycles. The summed E-state index contributed by atoms with van der Waals surface area (Å²) >= 11 is 1.24. The number of carbonyl (C=O) groups excluding carboxylic acids is 2. The van der Waals surface area contributed by atoms with Gasteiger partial charge in [0.15, 0.2) is 5.76 Å². The molecule has 5 rings (SSSR count). The SMILES string of the molecule is Cc1cc(C)cc(N2C(=O)C(O)=C(C(=O)c3sc(-c4ccccc4)nc3C)C2c2ccc(O)cc2)c1. The summed E-state index contributed by atoms with van der Waals surface area (Å²) in [6, 6.07) is 20.7. The standard InChI is InChI=1S/C29H24N2O4S/c1-16-13-17(2)15-21(14-16)31-24(19-9-11-22(32)12-10-19)23(26(34)29(31)35)25(33)27-18(3)30-28(36-27)20-7-5-4-6-8-20/h4-15,24,32,34H,1-3H3. The third-order valence-electron chi connectivity index (χ3n) is 6.17. The van der Waals surface area contributed by atoms with Crippen LogP contribution in [0, 0.1) is 20.8 Å². The van der Waals surface area contributed by atoms with Crippen LogP contribution in [0.3, 0.4) is 0 Å². The first-order chi connectivity index (χ1) is 17.2. The number of aromatic hydroxyl groups is 1. The molecule has 2 heterocycles. The largest absolute Gasteiger partial charge is 0.508 e. The summed E-state index contributed by atoms with van der Waals surface area (Å²) in [6.45, 7) is 5.61. The molecule has 7 heteroatoms. The predicted octanol–water partition coefficient (Wildman–Crippen LogP) is 6.22. The maximum absolute atomic E-state index is 14.0. The molecule has 0 spiro atoms. The number of anilines is 1. The number of Topliss-reactive ketones (excluding diaryl/α,β-unsaturated/α-hetero) is 1. The van der Waals surface area contributed by atoms with Gasteiger partial charge in [-0.05, 0) is 61.7 Å². The normalized spacial score (nSPS) is 15.6. The molecule has 2 N–H and O–H groups in total. The second-order valence-corrected chi connectivity index (χ2v) is 9.91. The smallest absolute Gasteiger partial charge is 0.294 e. The van der Waals surface area contributed by atoms with E-state index in [-0.39, 0.29) is 11.3 Å². The Balaban J connectivity index is 1.65. The van der Waals surface area contributed by atoms with E-state index in [2.05, 4.69) is 4.98 Å². The van der Waals surface area contributed by atoms with Crippen molar-refractivity contribution in [3.63, 3.8) is 0 Å². The molecule has 1 aromatic heterocycles. The van der Waals surface area contributed by atoms with Crippen LogP contribution < -0.4 is 4.90 Å². The number of phenolic OH excluding ortho intramolecular Hbond substituents is 1. The Morgan fingerprint density at radius 2 is 1.56 bits per heavy atom. The second-order valence-electron chi connectivity index (χ2n) is 8.91. The molecule has 4 aromatic rings. The number of aryl methyl sites for hydroxylation is 3. The predicted molar refractivity (Wildman–Crippen MR) is 141 cm³/mol. The fraction of sp³-hybridized carbons (Fsp3) is 0.138. The van der Waals surface area contributed by atoms with Crippen molar-refractivity contribution < 1.29 is 19.8 Å². The van der Waals surface area contributed by atoms with E-state index in [9.17, 15) is 19.8 Å². The van der Waals surface area contributed by atoms with Gasteiger partial charge in [-0.1, -0.05) is 48.5 Å². The Morgan fingerprint density at radius 3 is 2.19 bits per heavy atom. The molecule has 180 valence electrons. The van der Waals surface area contributed by atoms with Gasteiger partial charge in [-0.3, -0.25) is 14.5 Å². The number of aromatic nitrogens is 1. The zero-order chi connectivity index (χ0) is 25.6. The summed E-state index contributed by atoms with van der Waals surface area (Å²) < 4.78 is 0. The van der Waals surface area contributed by atoms with Gasteiger partial charge in [0, 0.05) is 11.3 Å². The lowest BCUT2D eigenvalue weighted by molar-refractivity contribution is -0.117. The van der Waals surface area contributed by atoms with Crippen LogP contribution in [0.5, 0.6) is 5.75 Å². The van der Waals surface area contributed by atoms with Crippen LogP contribution in [0.25, 0.3) is 10.6 Å². The molecule has 0 bridgehead atoms. The highest BCUT2D eigenvalue weighted by molar-refractivity contribution is 7.17. The zero-order valence-corrected chi connectivity index (χ0v) is 20.8. The highest BCUT2D eigenvalue weighted by Crippen LogP contribution is 2.44. The Hall–Kier alpha value is -4.23. The third-order valence-corrected chi connectivity index (χ3v) is 7.38. The number of benzene rings is 3. The first-order valence-electron chi connectivity index (χ1n) is 11.5. The number of carbonyl (C=O) groups is 2. The van der Waals surface area contributed by atoms with Gasteiger partial charge in [-0.2, -0.15) is 0 Å². The van der Waals surface area contributed by atoms with Crippen molar-refractivity contribution in [2.75, 3.05) is 4.90 Å². The molecular weight excluding hydrogens is 472 g/mol. The third kappa shape index (κ3) is 4.07. The number of hydrogen-bond donors (Lipinski definition) is 2. The molecule has 0 saturated heterocycles. The minimum absolute atomic E-state index is 0.00351. The minimum atomic E-state index is -0.867. The Morgan fingerprint density at radius 1 is 0.917 bits per heavy atom. The van der Waals surface area contributed by atoms with E-state index in [4.69, 9.17) is 0 Å². The van der Waals surface area contributed by atoms with E-state index in [0.29, 0.717) is 26.8 Å². The molecule has 1 unspecified atom stereocenters. The van der Waals surface area contributed by atoms with Gasteiger partial charge in [0.1, 0.15) is 10.8 Å². The highest BCUT2D eigenvalue weighted by Gasteiger charge is 2.45. The van der Waals surface area contributed by atoms with E-state index in [0.717, 1.165) is 16.7 Å². The van der Waals surface area contributed by atoms with E-state index in [1.54, 1.807) is 19.1 Å². The first-order valence-corrected chi connectivity index (χ1v) is 12.3. The van der Waals surface area contributed by atoms with Crippen LogP contribution in [0.1, 0.15) is 38.1 Å². The number of aliphatic hydroxyl groups excluding tert-OH is 1. The van der Waals surface area contributed by atoms with Gasteiger partial charge in [0.25, 0.3) is 5.91 Å². The van der Waals surface area contributed by atoms with Crippen LogP contribution >= 0.6 is 11.3 Å². The summed E-state index contributed by atoms with van der Waals surface area (Å²) in [5.74, 6) is -1.60. The fourth-order valence-corrected chi connectivity index (χ4v) is 5.62. The lowest BCUT2D eigenvalue weighted by Crippen LogP contribution is -2.31. The quantitative estimate of drug-likeness (QED) is 0.320. The molecule has 0 fully saturated rings. The number of thiazole rings is 1. The Kier molecular flexibility index (Phi) is 5.94. The summed E-state index contributed by atoms with van der Waals surface area (Å²) in [4.78, 5) is 33.8. The molecule has 0 radical (unpaired) electrons. The summed E-state index contributed by atoms with van der Waals surface area (Å²) in [6.07, 6.45) is 0. The van der Waals surface area contributed by atoms with Crippen LogP contribution in [-0.4, -0.2) is 26.9 Å². The molecule has 0 saturated carbocycles. The van der Waals surface area contributed by atoms with Crippen molar-refractivity contribution in [1.82, 2.24) is 4.98 Å². The number of phenols is 1. The zero-order valence-electron chi connectivity index (χ0n) is 20.0. The Bertz CT molecular complexity index is 1500. The number of nitrogens with zero attached hydrogens (tertiary/aromatic N) is 2. The molecule has 1 amide bonds. The summed E-state index contributed by atoms with van der Waals surface area (Å²) in [7, 11) is 0. The molecule has 36 heavy (non-hydrogen) atoms. The van der Waals surface area contributed by atoms with Crippen LogP contribution in [0.4, 0.5) is 5.69 Å². The molecular formula is C29H24N2O4S. The molecule has 6 nitrogen and oxygen atoms in total. The molecule has 3 aromatic carbocycles. The number of amides is 1. The van der Waals surface area contributed by atoms with Gasteiger partial charge in [0.05, 0.1) is 22.2 Å². The van der Waals surface area contributed by atoms with Crippen molar-refractivity contribution in [2.24, 2.45) is 0 Å². The first kappa shape index (κ1) is 23.5. The fourth-order valence-electron chi connectivity index (χ4n) is 4.60. The van der Waals surface area contributed by atoms with Gasteiger partial charge >= 0.3 is 0 Å². The van der Waals surface area contributed by atoms with Gasteiger partial charge in [-0.25, -0.2) is 4.98 Å². The Labute approximate surface area is 212 Å². The molecule has 1 aliphatic rings. The van der Waals surface area contributed by atoms with Crippen LogP contribution in [0.2, 0.25) is 0 Å². The maximum Gasteiger partial charge on any atom is 0.294 e. The highest BCUT2D eigenvalue weighted by atomic mass is 32.1. The molecule has 1 aliphatic heterocycles. The van der Waals surface area contributed by atoms with E-state index in [1.807, 2.05) is 62.4 Å². The van der Waals surface area contributed by atoms with Gasteiger partial charge < -0.3 is 10.2 Å². The van der Waals surface area contributed by atoms with Crippen molar-refractivity contribution in [2.45, 2.75) is 26.8 Å². The topological polar surface area (TPSA) is 90.7 Å². The average molecular weight is 497 g/mol. The number of ketones is 1. The van der Waals surface area contributed by atoms with Gasteiger partial charge in [0.2, 0.25) is 5.78 Å². The van der Waals surface area contributed by atoms with Crippen molar-refractivity contribution >= 4 is 28.7 Å². The van der Waals surface area contributed by atoms with Crippen LogP contribution in [0.15, 0.2) is 84.1 Å². The van der Waals surface area contributed by atoms with Crippen molar-refractivity contribution in [3.8, 4) is 16.3 Å². The maximum atomic E-state index is 14.0. The van der Waals surface area contributed by atoms with Crippen molar-refractivity contribution in [1.29, 1.82) is 0 Å². The van der Waals surface area contributed by atoms with E-state index >= 15 is 0 Å². The van der Waals surface area contributed by atoms with Crippen molar-refractivity contribution in [3.05, 3.63) is 111 Å². The average Bonchev–Trinajstić information content (AvgIpc) is 3.36. The van der Waals surface area contributed by atoms with E-state index in [1.165, 1.54) is 28.4 Å². The lowest BCUT2D eigenvalue weighted by Gasteiger charge is -2.27. The lowest BCUT2D eigenvalue weighted by atomic mass is 9.94. The number of aliphatic hydroxyl groups is 1. The minimum Gasteiger partial charge on any atom is -0.508 e. The monoisotopic (exact) mass is 496 g/mol. The second kappa shape index (κ2) is 9.09. The van der Waals surface area contributed by atoms with Crippen LogP contribution in [-0.2, 0) is 4.79 Å². The van der Waals surface area contributed by atoms with Gasteiger partial charge in [-0.15, -0.1) is 11.3 Å². The summed E-state index contributed by atoms with van der Waals surface area (Å²) in [5, 5.41) is 21.6. The summed E-state index contributed by atoms with van der Waals surface area (Å²) in [5.41, 5.74) is 4.49. The molecule has 1 atom stereocenters. The number of rotatable bonds is 5. The number of hydrogen-bond acceptors (Lipinski definition) is 6. The van der Waals surface area contributed by atoms with E-state index < -0.39 is 23.5 Å².